The van der Waals surface area contributed by atoms with Gasteiger partial charge in [-0.3, -0.25) is 14.3 Å². The minimum atomic E-state index is -0.0692. The summed E-state index contributed by atoms with van der Waals surface area (Å²) in [4.78, 5) is 31.7. The summed E-state index contributed by atoms with van der Waals surface area (Å²) < 4.78 is 1.71. The van der Waals surface area contributed by atoms with Gasteiger partial charge in [-0.05, 0) is 67.1 Å². The number of benzene rings is 2. The van der Waals surface area contributed by atoms with Gasteiger partial charge in [-0.1, -0.05) is 30.3 Å². The predicted octanol–water partition coefficient (Wildman–Crippen LogP) is 5.04. The molecule has 0 saturated carbocycles. The van der Waals surface area contributed by atoms with Gasteiger partial charge < -0.3 is 15.1 Å². The summed E-state index contributed by atoms with van der Waals surface area (Å²) in [6.07, 6.45) is 5.37. The molecule has 0 radical (unpaired) electrons. The largest absolute Gasteiger partial charge is 0.369 e. The van der Waals surface area contributed by atoms with Gasteiger partial charge in [0.1, 0.15) is 5.65 Å². The second-order valence-corrected chi connectivity index (χ2v) is 9.86. The Labute approximate surface area is 227 Å². The lowest BCUT2D eigenvalue weighted by Crippen LogP contribution is -2.44. The molecular formula is C31H31N7O. The van der Waals surface area contributed by atoms with E-state index in [0.717, 1.165) is 53.9 Å². The Bertz CT molecular complexity index is 1640. The van der Waals surface area contributed by atoms with Crippen molar-refractivity contribution < 1.29 is 0 Å². The number of hydrogen-bond donors (Lipinski definition) is 1. The molecule has 3 aromatic heterocycles. The zero-order valence-electron chi connectivity index (χ0n) is 22.2. The highest BCUT2D eigenvalue weighted by molar-refractivity contribution is 5.82. The lowest BCUT2D eigenvalue weighted by Gasteiger charge is -2.34. The van der Waals surface area contributed by atoms with Crippen LogP contribution < -0.4 is 15.8 Å². The summed E-state index contributed by atoms with van der Waals surface area (Å²) in [5.74, 6) is 0.463. The molecule has 0 bridgehead atoms. The first-order chi connectivity index (χ1) is 19.1. The van der Waals surface area contributed by atoms with Crippen molar-refractivity contribution in [2.75, 3.05) is 43.4 Å². The molecule has 1 aliphatic rings. The summed E-state index contributed by atoms with van der Waals surface area (Å²) >= 11 is 0. The van der Waals surface area contributed by atoms with E-state index in [9.17, 15) is 4.79 Å². The Morgan fingerprint density at radius 2 is 1.62 bits per heavy atom. The number of pyridine rings is 2. The second kappa shape index (κ2) is 10.7. The molecule has 1 saturated heterocycles. The van der Waals surface area contributed by atoms with E-state index in [1.807, 2.05) is 67.7 Å². The van der Waals surface area contributed by atoms with Crippen LogP contribution in [0, 0.1) is 0 Å². The van der Waals surface area contributed by atoms with Crippen molar-refractivity contribution in [2.45, 2.75) is 13.5 Å². The number of aryl methyl sites for hydroxylation is 1. The maximum Gasteiger partial charge on any atom is 0.260 e. The second-order valence-electron chi connectivity index (χ2n) is 9.86. The van der Waals surface area contributed by atoms with Gasteiger partial charge in [-0.2, -0.15) is 4.98 Å². The van der Waals surface area contributed by atoms with Gasteiger partial charge in [0.2, 0.25) is 5.95 Å². The van der Waals surface area contributed by atoms with Gasteiger partial charge in [0.25, 0.3) is 5.56 Å². The molecule has 1 N–H and O–H groups in total. The molecule has 2 aromatic carbocycles. The van der Waals surface area contributed by atoms with Crippen LogP contribution in [0.3, 0.4) is 0 Å². The van der Waals surface area contributed by atoms with Crippen LogP contribution in [-0.4, -0.2) is 57.6 Å². The number of rotatable bonds is 6. The lowest BCUT2D eigenvalue weighted by atomic mass is 10.0. The van der Waals surface area contributed by atoms with Crippen LogP contribution in [0.15, 0.2) is 90.1 Å². The van der Waals surface area contributed by atoms with E-state index in [4.69, 9.17) is 4.98 Å². The van der Waals surface area contributed by atoms with Gasteiger partial charge in [0, 0.05) is 73.6 Å². The maximum atomic E-state index is 13.5. The molecule has 0 amide bonds. The minimum absolute atomic E-state index is 0.0692. The first-order valence-electron chi connectivity index (χ1n) is 13.3. The molecule has 8 heteroatoms. The average Bonchev–Trinajstić information content (AvgIpc) is 2.98. The van der Waals surface area contributed by atoms with E-state index in [0.29, 0.717) is 23.7 Å². The number of nitrogens with zero attached hydrogens (tertiary/aromatic N) is 6. The smallest absolute Gasteiger partial charge is 0.260 e. The van der Waals surface area contributed by atoms with Crippen molar-refractivity contribution in [1.82, 2.24) is 24.4 Å². The lowest BCUT2D eigenvalue weighted by molar-refractivity contribution is 0.313. The van der Waals surface area contributed by atoms with Crippen LogP contribution in [0.2, 0.25) is 0 Å². The van der Waals surface area contributed by atoms with Gasteiger partial charge in [-0.15, -0.1) is 0 Å². The molecule has 1 aliphatic heterocycles. The predicted molar refractivity (Wildman–Crippen MR) is 158 cm³/mol. The topological polar surface area (TPSA) is 79.2 Å². The summed E-state index contributed by atoms with van der Waals surface area (Å²) in [5.41, 5.74) is 6.25. The van der Waals surface area contributed by atoms with Crippen molar-refractivity contribution in [3.05, 3.63) is 95.7 Å². The molecule has 1 fully saturated rings. The number of likely N-dealkylation sites (N-methyl/N-ethyl adjacent to an activating group) is 1. The zero-order valence-corrected chi connectivity index (χ0v) is 22.2. The van der Waals surface area contributed by atoms with Crippen LogP contribution in [-0.2, 0) is 6.54 Å². The number of nitrogens with one attached hydrogen (secondary N) is 1. The molecule has 0 unspecified atom stereocenters. The SMILES string of the molecule is CCn1c(=O)c(-c2ccc(-c3cccnc3)cc2)cc2cnc(Nc3ccc(N4CCN(C)CC4)cc3)nc21. The van der Waals surface area contributed by atoms with E-state index >= 15 is 0 Å². The fraction of sp³-hybridized carbons (Fsp3) is 0.226. The number of piperazine rings is 1. The van der Waals surface area contributed by atoms with Crippen LogP contribution in [0.4, 0.5) is 17.3 Å². The van der Waals surface area contributed by atoms with E-state index in [1.54, 1.807) is 17.0 Å². The number of hydrogen-bond acceptors (Lipinski definition) is 7. The Balaban J connectivity index is 1.26. The molecule has 5 aromatic rings. The first kappa shape index (κ1) is 24.8. The molecule has 0 spiro atoms. The van der Waals surface area contributed by atoms with Gasteiger partial charge in [0.15, 0.2) is 0 Å². The third-order valence-corrected chi connectivity index (χ3v) is 7.33. The average molecular weight is 518 g/mol. The first-order valence-corrected chi connectivity index (χ1v) is 13.3. The summed E-state index contributed by atoms with van der Waals surface area (Å²) in [7, 11) is 2.16. The molecule has 196 valence electrons. The molecule has 0 aliphatic carbocycles. The van der Waals surface area contributed by atoms with Gasteiger partial charge in [0.05, 0.1) is 0 Å². The highest BCUT2D eigenvalue weighted by Crippen LogP contribution is 2.26. The van der Waals surface area contributed by atoms with Gasteiger partial charge >= 0.3 is 0 Å². The third-order valence-electron chi connectivity index (χ3n) is 7.33. The quantitative estimate of drug-likeness (QED) is 0.338. The number of fused-ring (bicyclic) bond motifs is 1. The monoisotopic (exact) mass is 517 g/mol. The fourth-order valence-corrected chi connectivity index (χ4v) is 5.04. The van der Waals surface area contributed by atoms with E-state index < -0.39 is 0 Å². The normalized spacial score (nSPS) is 14.1. The summed E-state index contributed by atoms with van der Waals surface area (Å²) in [6, 6.07) is 22.2. The molecule has 0 atom stereocenters. The molecule has 4 heterocycles. The summed E-state index contributed by atoms with van der Waals surface area (Å²) in [6.45, 7) is 6.67. The van der Waals surface area contributed by atoms with Gasteiger partial charge in [-0.25, -0.2) is 4.98 Å². The molecule has 6 rings (SSSR count). The Hall–Kier alpha value is -4.56. The van der Waals surface area contributed by atoms with Crippen molar-refractivity contribution in [3.8, 4) is 22.3 Å². The van der Waals surface area contributed by atoms with Crippen LogP contribution in [0.5, 0.6) is 0 Å². The van der Waals surface area contributed by atoms with E-state index in [2.05, 4.69) is 44.3 Å². The van der Waals surface area contributed by atoms with Crippen molar-refractivity contribution in [3.63, 3.8) is 0 Å². The number of anilines is 3. The Kier molecular flexibility index (Phi) is 6.77. The van der Waals surface area contributed by atoms with E-state index in [-0.39, 0.29) is 5.56 Å². The van der Waals surface area contributed by atoms with Crippen LogP contribution in [0.1, 0.15) is 6.92 Å². The van der Waals surface area contributed by atoms with Crippen LogP contribution >= 0.6 is 0 Å². The van der Waals surface area contributed by atoms with E-state index in [1.165, 1.54) is 5.69 Å². The zero-order chi connectivity index (χ0) is 26.8. The molecular weight excluding hydrogens is 486 g/mol. The van der Waals surface area contributed by atoms with Crippen molar-refractivity contribution in [1.29, 1.82) is 0 Å². The molecule has 39 heavy (non-hydrogen) atoms. The van der Waals surface area contributed by atoms with Crippen molar-refractivity contribution in [2.24, 2.45) is 0 Å². The maximum absolute atomic E-state index is 13.5. The van der Waals surface area contributed by atoms with Crippen molar-refractivity contribution >= 4 is 28.4 Å². The summed E-state index contributed by atoms with van der Waals surface area (Å²) in [5, 5.41) is 4.12. The minimum Gasteiger partial charge on any atom is -0.369 e. The highest BCUT2D eigenvalue weighted by Gasteiger charge is 2.15. The van der Waals surface area contributed by atoms with Crippen LogP contribution in [0.25, 0.3) is 33.3 Å². The highest BCUT2D eigenvalue weighted by atomic mass is 16.1. The standard InChI is InChI=1S/C31H31N7O/c1-3-38-29-25(19-28(30(38)39)23-8-6-22(7-9-23)24-5-4-14-32-20-24)21-33-31(35-29)34-26-10-12-27(13-11-26)37-17-15-36(2)16-18-37/h4-14,19-21H,3,15-18H2,1-2H3,(H,33,34,35). The number of aromatic nitrogens is 4. The molecule has 8 nitrogen and oxygen atoms in total. The Morgan fingerprint density at radius 1 is 0.872 bits per heavy atom. The Morgan fingerprint density at radius 3 is 2.31 bits per heavy atom. The fourth-order valence-electron chi connectivity index (χ4n) is 5.04. The third kappa shape index (κ3) is 5.11.